The molecule has 0 spiro atoms. The summed E-state index contributed by atoms with van der Waals surface area (Å²) in [4.78, 5) is 17.5. The Morgan fingerprint density at radius 2 is 2.24 bits per heavy atom. The Balaban J connectivity index is 1.94. The molecule has 0 saturated carbocycles. The Labute approximate surface area is 128 Å². The highest BCUT2D eigenvalue weighted by Crippen LogP contribution is 2.41. The largest absolute Gasteiger partial charge is 0.481 e. The minimum absolute atomic E-state index is 0.655. The fourth-order valence-corrected chi connectivity index (χ4v) is 4.18. The second-order valence-electron chi connectivity index (χ2n) is 5.76. The van der Waals surface area contributed by atoms with E-state index < -0.39 is 11.4 Å². The van der Waals surface area contributed by atoms with Crippen LogP contribution in [-0.4, -0.2) is 16.1 Å². The molecule has 1 aliphatic rings. The van der Waals surface area contributed by atoms with Gasteiger partial charge < -0.3 is 5.11 Å². The molecule has 1 aromatic heterocycles. The molecular formula is C17H19NO2S. The number of fused-ring (bicyclic) bond motifs is 1. The van der Waals surface area contributed by atoms with Gasteiger partial charge in [0, 0.05) is 4.88 Å². The van der Waals surface area contributed by atoms with E-state index in [1.165, 1.54) is 10.4 Å². The zero-order valence-corrected chi connectivity index (χ0v) is 12.9. The topological polar surface area (TPSA) is 50.2 Å². The van der Waals surface area contributed by atoms with Gasteiger partial charge in [-0.1, -0.05) is 24.3 Å². The van der Waals surface area contributed by atoms with Crippen LogP contribution < -0.4 is 0 Å². The summed E-state index contributed by atoms with van der Waals surface area (Å²) in [7, 11) is 0. The lowest BCUT2D eigenvalue weighted by Gasteiger charge is -2.35. The molecule has 4 heteroatoms. The summed E-state index contributed by atoms with van der Waals surface area (Å²) in [6.45, 7) is 1.99. The molecule has 2 aromatic rings. The first-order valence-corrected chi connectivity index (χ1v) is 8.22. The van der Waals surface area contributed by atoms with Gasteiger partial charge in [0.15, 0.2) is 0 Å². The maximum atomic E-state index is 12.1. The summed E-state index contributed by atoms with van der Waals surface area (Å²) in [6.07, 6.45) is 4.12. The number of hydrogen-bond donors (Lipinski definition) is 1. The van der Waals surface area contributed by atoms with E-state index in [9.17, 15) is 9.90 Å². The third-order valence-corrected chi connectivity index (χ3v) is 5.61. The summed E-state index contributed by atoms with van der Waals surface area (Å²) in [6, 6.07) is 8.04. The van der Waals surface area contributed by atoms with Crippen LogP contribution in [-0.2, 0) is 23.1 Å². The molecular weight excluding hydrogens is 282 g/mol. The van der Waals surface area contributed by atoms with E-state index in [0.717, 1.165) is 36.9 Å². The molecule has 0 bridgehead atoms. The summed E-state index contributed by atoms with van der Waals surface area (Å²) >= 11 is 1.63. The molecule has 3 nitrogen and oxygen atoms in total. The number of hydrogen-bond acceptors (Lipinski definition) is 3. The molecule has 0 aliphatic heterocycles. The number of carboxylic acids is 1. The Morgan fingerprint density at radius 1 is 1.43 bits per heavy atom. The van der Waals surface area contributed by atoms with Crippen LogP contribution in [0.5, 0.6) is 0 Å². The highest BCUT2D eigenvalue weighted by molar-refractivity contribution is 7.09. The first-order valence-electron chi connectivity index (χ1n) is 7.34. The SMILES string of the molecule is Cc1ncsc1CCC1(C(=O)O)CCCc2ccccc21. The van der Waals surface area contributed by atoms with Crippen LogP contribution in [0.25, 0.3) is 0 Å². The molecule has 1 N–H and O–H groups in total. The second kappa shape index (κ2) is 5.60. The van der Waals surface area contributed by atoms with E-state index in [0.29, 0.717) is 6.42 Å². The van der Waals surface area contributed by atoms with Crippen LogP contribution in [0, 0.1) is 6.92 Å². The van der Waals surface area contributed by atoms with Crippen molar-refractivity contribution >= 4 is 17.3 Å². The number of rotatable bonds is 4. The van der Waals surface area contributed by atoms with Crippen LogP contribution in [0.4, 0.5) is 0 Å². The molecule has 0 fully saturated rings. The number of aliphatic carboxylic acids is 1. The Bertz CT molecular complexity index is 664. The number of thiazole rings is 1. The van der Waals surface area contributed by atoms with Gasteiger partial charge in [0.25, 0.3) is 0 Å². The van der Waals surface area contributed by atoms with Crippen LogP contribution >= 0.6 is 11.3 Å². The van der Waals surface area contributed by atoms with Crippen molar-refractivity contribution in [2.24, 2.45) is 0 Å². The molecule has 0 amide bonds. The Kier molecular flexibility index (Phi) is 3.81. The monoisotopic (exact) mass is 301 g/mol. The molecule has 21 heavy (non-hydrogen) atoms. The smallest absolute Gasteiger partial charge is 0.314 e. The molecule has 1 unspecified atom stereocenters. The highest BCUT2D eigenvalue weighted by Gasteiger charge is 2.43. The summed E-state index contributed by atoms with van der Waals surface area (Å²) < 4.78 is 0. The van der Waals surface area contributed by atoms with Gasteiger partial charge in [0.05, 0.1) is 16.6 Å². The molecule has 110 valence electrons. The van der Waals surface area contributed by atoms with Gasteiger partial charge in [-0.2, -0.15) is 0 Å². The lowest BCUT2D eigenvalue weighted by atomic mass is 9.67. The highest BCUT2D eigenvalue weighted by atomic mass is 32.1. The van der Waals surface area contributed by atoms with Crippen molar-refractivity contribution in [3.05, 3.63) is 51.5 Å². The standard InChI is InChI=1S/C17H19NO2S/c1-12-15(21-11-18-12)8-10-17(16(19)20)9-4-6-13-5-2-3-7-14(13)17/h2-3,5,7,11H,4,6,8-10H2,1H3,(H,19,20). The van der Waals surface area contributed by atoms with Crippen molar-refractivity contribution in [2.75, 3.05) is 0 Å². The van der Waals surface area contributed by atoms with Gasteiger partial charge >= 0.3 is 5.97 Å². The van der Waals surface area contributed by atoms with Crippen LogP contribution in [0.2, 0.25) is 0 Å². The summed E-state index contributed by atoms with van der Waals surface area (Å²) in [5.41, 5.74) is 4.36. The Hall–Kier alpha value is -1.68. The Morgan fingerprint density at radius 3 is 2.95 bits per heavy atom. The molecule has 1 atom stereocenters. The van der Waals surface area contributed by atoms with Crippen molar-refractivity contribution in [1.82, 2.24) is 4.98 Å². The first kappa shape index (κ1) is 14.3. The van der Waals surface area contributed by atoms with Gasteiger partial charge in [0.1, 0.15) is 0 Å². The molecule has 3 rings (SSSR count). The van der Waals surface area contributed by atoms with Gasteiger partial charge in [-0.25, -0.2) is 4.98 Å². The van der Waals surface area contributed by atoms with Crippen LogP contribution in [0.1, 0.15) is 41.0 Å². The average molecular weight is 301 g/mol. The van der Waals surface area contributed by atoms with Crippen molar-refractivity contribution in [1.29, 1.82) is 0 Å². The molecule has 0 radical (unpaired) electrons. The fourth-order valence-electron chi connectivity index (χ4n) is 3.40. The summed E-state index contributed by atoms with van der Waals surface area (Å²) in [5, 5.41) is 9.92. The van der Waals surface area contributed by atoms with E-state index in [1.807, 2.05) is 30.6 Å². The third-order valence-electron chi connectivity index (χ3n) is 4.62. The minimum atomic E-state index is -0.731. The third kappa shape index (κ3) is 2.48. The predicted octanol–water partition coefficient (Wildman–Crippen LogP) is 3.74. The number of carboxylic acid groups (broad SMARTS) is 1. The molecule has 0 saturated heterocycles. The van der Waals surface area contributed by atoms with E-state index >= 15 is 0 Å². The minimum Gasteiger partial charge on any atom is -0.481 e. The van der Waals surface area contributed by atoms with Crippen molar-refractivity contribution in [2.45, 2.75) is 44.4 Å². The number of aryl methyl sites for hydroxylation is 3. The lowest BCUT2D eigenvalue weighted by molar-refractivity contribution is -0.144. The van der Waals surface area contributed by atoms with Crippen LogP contribution in [0.3, 0.4) is 0 Å². The molecule has 1 aromatic carbocycles. The zero-order chi connectivity index (χ0) is 14.9. The van der Waals surface area contributed by atoms with Gasteiger partial charge in [-0.3, -0.25) is 4.79 Å². The predicted molar refractivity (Wildman–Crippen MR) is 83.9 cm³/mol. The van der Waals surface area contributed by atoms with Gasteiger partial charge in [-0.05, 0) is 50.2 Å². The summed E-state index contributed by atoms with van der Waals surface area (Å²) in [5.74, 6) is -0.684. The maximum Gasteiger partial charge on any atom is 0.314 e. The van der Waals surface area contributed by atoms with Gasteiger partial charge in [0.2, 0.25) is 0 Å². The van der Waals surface area contributed by atoms with E-state index in [-0.39, 0.29) is 0 Å². The molecule has 1 aliphatic carbocycles. The maximum absolute atomic E-state index is 12.1. The number of benzene rings is 1. The number of aromatic nitrogens is 1. The molecule has 1 heterocycles. The van der Waals surface area contributed by atoms with Gasteiger partial charge in [-0.15, -0.1) is 11.3 Å². The quantitative estimate of drug-likeness (QED) is 0.936. The van der Waals surface area contributed by atoms with Crippen molar-refractivity contribution in [3.63, 3.8) is 0 Å². The van der Waals surface area contributed by atoms with E-state index in [4.69, 9.17) is 0 Å². The zero-order valence-electron chi connectivity index (χ0n) is 12.1. The number of nitrogens with zero attached hydrogens (tertiary/aromatic N) is 1. The van der Waals surface area contributed by atoms with E-state index in [2.05, 4.69) is 11.1 Å². The first-order chi connectivity index (χ1) is 10.1. The van der Waals surface area contributed by atoms with Crippen LogP contribution in [0.15, 0.2) is 29.8 Å². The van der Waals surface area contributed by atoms with Crippen molar-refractivity contribution < 1.29 is 9.90 Å². The van der Waals surface area contributed by atoms with E-state index in [1.54, 1.807) is 11.3 Å². The fraction of sp³-hybridized carbons (Fsp3) is 0.412. The normalized spacial score (nSPS) is 21.0. The lowest BCUT2D eigenvalue weighted by Crippen LogP contribution is -2.39. The van der Waals surface area contributed by atoms with Crippen molar-refractivity contribution in [3.8, 4) is 0 Å². The average Bonchev–Trinajstić information content (AvgIpc) is 2.90. The number of carbonyl (C=O) groups is 1. The second-order valence-corrected chi connectivity index (χ2v) is 6.70.